The van der Waals surface area contributed by atoms with Crippen LogP contribution in [0.4, 0.5) is 10.1 Å². The SMILES string of the molecule is CN(CCC#N)C(=O)c1ccc2c(c1)N(Cc1ccc(F)cc1)C(=O)c1ccccc1S2=O. The van der Waals surface area contributed by atoms with Gasteiger partial charge >= 0.3 is 0 Å². The van der Waals surface area contributed by atoms with Gasteiger partial charge in [-0.05, 0) is 48.0 Å². The van der Waals surface area contributed by atoms with Crippen LogP contribution in [0.2, 0.25) is 0 Å². The van der Waals surface area contributed by atoms with Gasteiger partial charge in [0.25, 0.3) is 11.8 Å². The van der Waals surface area contributed by atoms with Gasteiger partial charge in [0.05, 0.1) is 50.9 Å². The second-order valence-electron chi connectivity index (χ2n) is 7.60. The third kappa shape index (κ3) is 4.41. The number of nitrogens with zero attached hydrogens (tertiary/aromatic N) is 3. The van der Waals surface area contributed by atoms with Crippen molar-refractivity contribution in [1.29, 1.82) is 5.26 Å². The number of fused-ring (bicyclic) bond motifs is 2. The molecule has 1 aliphatic rings. The molecule has 33 heavy (non-hydrogen) atoms. The summed E-state index contributed by atoms with van der Waals surface area (Å²) in [6, 6.07) is 19.3. The van der Waals surface area contributed by atoms with Gasteiger partial charge in [-0.3, -0.25) is 9.59 Å². The van der Waals surface area contributed by atoms with E-state index in [1.807, 2.05) is 6.07 Å². The van der Waals surface area contributed by atoms with Crippen LogP contribution in [0.25, 0.3) is 0 Å². The highest BCUT2D eigenvalue weighted by atomic mass is 32.2. The molecule has 0 spiro atoms. The monoisotopic (exact) mass is 461 g/mol. The summed E-state index contributed by atoms with van der Waals surface area (Å²) in [5.41, 5.74) is 1.67. The summed E-state index contributed by atoms with van der Waals surface area (Å²) < 4.78 is 26.8. The molecule has 0 saturated carbocycles. The van der Waals surface area contributed by atoms with Crippen LogP contribution in [0.5, 0.6) is 0 Å². The van der Waals surface area contributed by atoms with Crippen LogP contribution in [0, 0.1) is 17.1 Å². The van der Waals surface area contributed by atoms with Crippen molar-refractivity contribution in [2.45, 2.75) is 22.8 Å². The summed E-state index contributed by atoms with van der Waals surface area (Å²) in [6.45, 7) is 0.377. The number of halogens is 1. The van der Waals surface area contributed by atoms with E-state index in [-0.39, 0.29) is 37.1 Å². The van der Waals surface area contributed by atoms with Crippen LogP contribution in [0.1, 0.15) is 32.7 Å². The summed E-state index contributed by atoms with van der Waals surface area (Å²) >= 11 is 0. The molecule has 1 aliphatic heterocycles. The third-order valence-electron chi connectivity index (χ3n) is 5.42. The van der Waals surface area contributed by atoms with Crippen molar-refractivity contribution in [2.24, 2.45) is 0 Å². The molecule has 0 fully saturated rings. The van der Waals surface area contributed by atoms with E-state index in [4.69, 9.17) is 5.26 Å². The lowest BCUT2D eigenvalue weighted by molar-refractivity contribution is 0.0797. The Bertz CT molecular complexity index is 1300. The summed E-state index contributed by atoms with van der Waals surface area (Å²) in [4.78, 5) is 30.2. The predicted octanol–water partition coefficient (Wildman–Crippen LogP) is 4.14. The zero-order valence-electron chi connectivity index (χ0n) is 17.8. The number of anilines is 1. The minimum absolute atomic E-state index is 0.111. The smallest absolute Gasteiger partial charge is 0.259 e. The molecule has 8 heteroatoms. The number of carbonyl (C=O) groups excluding carboxylic acids is 2. The maximum Gasteiger partial charge on any atom is 0.259 e. The standard InChI is InChI=1S/C25H20FN3O3S/c1-28(14-4-13-27)24(30)18-9-12-23-21(15-18)29(16-17-7-10-19(26)11-8-17)25(31)20-5-2-3-6-22(20)33(23)32/h2-3,5-12,15H,4,14,16H2,1H3. The van der Waals surface area contributed by atoms with E-state index >= 15 is 0 Å². The van der Waals surface area contributed by atoms with E-state index in [1.54, 1.807) is 61.6 Å². The number of hydrogen-bond acceptors (Lipinski definition) is 4. The molecular formula is C25H20FN3O3S. The lowest BCUT2D eigenvalue weighted by atomic mass is 10.1. The number of carbonyl (C=O) groups is 2. The van der Waals surface area contributed by atoms with Crippen molar-refractivity contribution in [1.82, 2.24) is 4.90 Å². The van der Waals surface area contributed by atoms with Gasteiger partial charge < -0.3 is 9.80 Å². The van der Waals surface area contributed by atoms with Crippen molar-refractivity contribution in [2.75, 3.05) is 18.5 Å². The average Bonchev–Trinajstić information content (AvgIpc) is 2.92. The molecule has 0 aromatic heterocycles. The van der Waals surface area contributed by atoms with E-state index < -0.39 is 10.8 Å². The highest BCUT2D eigenvalue weighted by Gasteiger charge is 2.31. The van der Waals surface area contributed by atoms with Gasteiger partial charge in [0.1, 0.15) is 5.82 Å². The Kier molecular flexibility index (Phi) is 6.33. The predicted molar refractivity (Wildman–Crippen MR) is 122 cm³/mol. The Morgan fingerprint density at radius 1 is 1.09 bits per heavy atom. The van der Waals surface area contributed by atoms with E-state index in [0.717, 1.165) is 0 Å². The molecule has 166 valence electrons. The topological polar surface area (TPSA) is 81.5 Å². The zero-order valence-corrected chi connectivity index (χ0v) is 18.6. The maximum absolute atomic E-state index is 13.6. The third-order valence-corrected chi connectivity index (χ3v) is 6.92. The number of benzene rings is 3. The Morgan fingerprint density at radius 3 is 2.55 bits per heavy atom. The highest BCUT2D eigenvalue weighted by Crippen LogP contribution is 2.36. The van der Waals surface area contributed by atoms with Gasteiger partial charge in [-0.25, -0.2) is 8.60 Å². The largest absolute Gasteiger partial charge is 0.341 e. The molecule has 2 amide bonds. The van der Waals surface area contributed by atoms with Crippen molar-refractivity contribution < 1.29 is 18.2 Å². The van der Waals surface area contributed by atoms with Crippen LogP contribution in [-0.4, -0.2) is 34.5 Å². The van der Waals surface area contributed by atoms with Crippen molar-refractivity contribution in [3.63, 3.8) is 0 Å². The van der Waals surface area contributed by atoms with Gasteiger partial charge in [-0.15, -0.1) is 0 Å². The average molecular weight is 462 g/mol. The van der Waals surface area contributed by atoms with Crippen LogP contribution in [0.3, 0.4) is 0 Å². The number of rotatable bonds is 5. The van der Waals surface area contributed by atoms with Gasteiger partial charge in [0.2, 0.25) is 0 Å². The van der Waals surface area contributed by atoms with E-state index in [2.05, 4.69) is 0 Å². The van der Waals surface area contributed by atoms with Crippen LogP contribution in [-0.2, 0) is 17.3 Å². The second-order valence-corrected chi connectivity index (χ2v) is 9.02. The molecule has 0 N–H and O–H groups in total. The first-order valence-electron chi connectivity index (χ1n) is 10.2. The summed E-state index contributed by atoms with van der Waals surface area (Å²) in [6.07, 6.45) is 0.196. The highest BCUT2D eigenvalue weighted by molar-refractivity contribution is 7.85. The quantitative estimate of drug-likeness (QED) is 0.572. The lowest BCUT2D eigenvalue weighted by Crippen LogP contribution is -2.31. The molecule has 1 heterocycles. The molecule has 0 aliphatic carbocycles. The van der Waals surface area contributed by atoms with E-state index in [1.165, 1.54) is 21.9 Å². The minimum Gasteiger partial charge on any atom is -0.341 e. The molecule has 1 unspecified atom stereocenters. The molecule has 3 aromatic carbocycles. The molecule has 0 saturated heterocycles. The molecular weight excluding hydrogens is 441 g/mol. The first-order valence-corrected chi connectivity index (χ1v) is 11.4. The van der Waals surface area contributed by atoms with Gasteiger partial charge in [-0.1, -0.05) is 24.3 Å². The van der Waals surface area contributed by atoms with E-state index in [0.29, 0.717) is 32.2 Å². The molecule has 1 atom stereocenters. The fourth-order valence-corrected chi connectivity index (χ4v) is 5.01. The normalized spacial score (nSPS) is 14.6. The van der Waals surface area contributed by atoms with E-state index in [9.17, 15) is 18.2 Å². The fraction of sp³-hybridized carbons (Fsp3) is 0.160. The Balaban J connectivity index is 1.83. The van der Waals surface area contributed by atoms with Gasteiger partial charge in [-0.2, -0.15) is 5.26 Å². The molecule has 4 rings (SSSR count). The van der Waals surface area contributed by atoms with Crippen molar-refractivity contribution in [3.05, 3.63) is 89.2 Å². The van der Waals surface area contributed by atoms with Crippen LogP contribution in [0.15, 0.2) is 76.5 Å². The second kappa shape index (κ2) is 9.35. The molecule has 3 aromatic rings. The summed E-state index contributed by atoms with van der Waals surface area (Å²) in [5, 5.41) is 8.80. The van der Waals surface area contributed by atoms with Gasteiger partial charge in [0, 0.05) is 19.2 Å². The van der Waals surface area contributed by atoms with Crippen molar-refractivity contribution in [3.8, 4) is 6.07 Å². The fourth-order valence-electron chi connectivity index (χ4n) is 3.67. The zero-order chi connectivity index (χ0) is 23.5. The van der Waals surface area contributed by atoms with Crippen molar-refractivity contribution >= 4 is 28.3 Å². The number of nitriles is 1. The summed E-state index contributed by atoms with van der Waals surface area (Å²) in [7, 11) is -0.0400. The number of amides is 2. The Morgan fingerprint density at radius 2 is 1.82 bits per heavy atom. The van der Waals surface area contributed by atoms with Gasteiger partial charge in [0.15, 0.2) is 0 Å². The Hall–Kier alpha value is -3.83. The maximum atomic E-state index is 13.6. The molecule has 6 nitrogen and oxygen atoms in total. The molecule has 0 radical (unpaired) electrons. The first-order chi connectivity index (χ1) is 15.9. The lowest BCUT2D eigenvalue weighted by Gasteiger charge is -2.24. The first kappa shape index (κ1) is 22.4. The summed E-state index contributed by atoms with van der Waals surface area (Å²) in [5.74, 6) is -1.06. The van der Waals surface area contributed by atoms with Crippen LogP contribution >= 0.6 is 0 Å². The molecule has 0 bridgehead atoms. The minimum atomic E-state index is -1.64. The number of hydrogen-bond donors (Lipinski definition) is 0. The Labute approximate surface area is 193 Å². The van der Waals surface area contributed by atoms with Crippen LogP contribution < -0.4 is 4.90 Å².